The summed E-state index contributed by atoms with van der Waals surface area (Å²) in [6.07, 6.45) is 1.30. The Balaban J connectivity index is 1.55. The highest BCUT2D eigenvalue weighted by atomic mass is 16.2. The number of carbonyl (C=O) groups excluding carboxylic acids is 3. The summed E-state index contributed by atoms with van der Waals surface area (Å²) in [5.41, 5.74) is 3.00. The molecule has 0 aromatic heterocycles. The first-order valence-corrected chi connectivity index (χ1v) is 9.22. The predicted octanol–water partition coefficient (Wildman–Crippen LogP) is 3.69. The van der Waals surface area contributed by atoms with Crippen LogP contribution in [0.3, 0.4) is 0 Å². The molecule has 1 heterocycles. The van der Waals surface area contributed by atoms with Crippen LogP contribution in [0.25, 0.3) is 0 Å². The van der Waals surface area contributed by atoms with Gasteiger partial charge in [-0.25, -0.2) is 0 Å². The zero-order valence-electron chi connectivity index (χ0n) is 15.7. The second-order valence-corrected chi connectivity index (χ2v) is 7.00. The normalized spacial score (nSPS) is 14.7. The van der Waals surface area contributed by atoms with Gasteiger partial charge in [-0.1, -0.05) is 18.2 Å². The maximum Gasteiger partial charge on any atom is 0.254 e. The highest BCUT2D eigenvalue weighted by Gasteiger charge is 2.28. The summed E-state index contributed by atoms with van der Waals surface area (Å²) >= 11 is 0. The monoisotopic (exact) mass is 364 g/mol. The lowest BCUT2D eigenvalue weighted by atomic mass is 9.95. The van der Waals surface area contributed by atoms with Crippen LogP contribution in [0.4, 0.5) is 5.69 Å². The van der Waals surface area contributed by atoms with E-state index in [9.17, 15) is 14.4 Å². The van der Waals surface area contributed by atoms with E-state index in [1.165, 1.54) is 6.92 Å². The second-order valence-electron chi connectivity index (χ2n) is 7.00. The molecule has 5 nitrogen and oxygen atoms in total. The van der Waals surface area contributed by atoms with Crippen molar-refractivity contribution in [2.24, 2.45) is 5.92 Å². The highest BCUT2D eigenvalue weighted by molar-refractivity contribution is 5.97. The molecule has 5 heteroatoms. The van der Waals surface area contributed by atoms with Crippen LogP contribution in [0.1, 0.15) is 46.0 Å². The lowest BCUT2D eigenvalue weighted by Crippen LogP contribution is -2.41. The number of piperidine rings is 1. The number of hydrogen-bond acceptors (Lipinski definition) is 3. The Bertz CT molecular complexity index is 850. The Morgan fingerprint density at radius 3 is 2.19 bits per heavy atom. The van der Waals surface area contributed by atoms with Crippen molar-refractivity contribution >= 4 is 23.3 Å². The number of aryl methyl sites for hydroxylation is 1. The number of hydrogen-bond donors (Lipinski definition) is 1. The van der Waals surface area contributed by atoms with Gasteiger partial charge in [-0.15, -0.1) is 0 Å². The van der Waals surface area contributed by atoms with Gasteiger partial charge in [0, 0.05) is 35.8 Å². The first-order chi connectivity index (χ1) is 13.0. The lowest BCUT2D eigenvalue weighted by Gasteiger charge is -2.31. The molecular weight excluding hydrogens is 340 g/mol. The molecule has 2 aromatic carbocycles. The fourth-order valence-electron chi connectivity index (χ4n) is 3.36. The van der Waals surface area contributed by atoms with Gasteiger partial charge in [-0.3, -0.25) is 14.4 Å². The third kappa shape index (κ3) is 4.42. The average Bonchev–Trinajstić information content (AvgIpc) is 2.68. The topological polar surface area (TPSA) is 66.5 Å². The Hall–Kier alpha value is -2.95. The predicted molar refractivity (Wildman–Crippen MR) is 105 cm³/mol. The largest absolute Gasteiger partial charge is 0.339 e. The number of nitrogens with zero attached hydrogens (tertiary/aromatic N) is 1. The summed E-state index contributed by atoms with van der Waals surface area (Å²) in [5, 5.41) is 2.91. The number of benzene rings is 2. The number of carbonyl (C=O) groups is 3. The standard InChI is InChI=1S/C22H24N2O3/c1-15-5-3-4-6-20(15)22(27)24-13-11-18(12-14-24)21(26)23-19-9-7-17(8-10-19)16(2)25/h3-10,18H,11-14H2,1-2H3,(H,23,26). The maximum atomic E-state index is 12.7. The van der Waals surface area contributed by atoms with Gasteiger partial charge in [0.15, 0.2) is 5.78 Å². The van der Waals surface area contributed by atoms with Gasteiger partial charge in [0.2, 0.25) is 5.91 Å². The van der Waals surface area contributed by atoms with E-state index in [1.807, 2.05) is 36.1 Å². The van der Waals surface area contributed by atoms with Gasteiger partial charge in [-0.05, 0) is 62.6 Å². The minimum absolute atomic E-state index is 0.00133. The third-order valence-electron chi connectivity index (χ3n) is 5.09. The average molecular weight is 364 g/mol. The van der Waals surface area contributed by atoms with Gasteiger partial charge >= 0.3 is 0 Å². The van der Waals surface area contributed by atoms with E-state index in [4.69, 9.17) is 0 Å². The van der Waals surface area contributed by atoms with Gasteiger partial charge in [0.25, 0.3) is 5.91 Å². The van der Waals surface area contributed by atoms with E-state index in [1.54, 1.807) is 24.3 Å². The van der Waals surface area contributed by atoms with Crippen molar-refractivity contribution in [2.45, 2.75) is 26.7 Å². The van der Waals surface area contributed by atoms with Crippen molar-refractivity contribution < 1.29 is 14.4 Å². The number of Topliss-reactive ketones (excluding diaryl/α,β-unsaturated/α-hetero) is 1. The molecule has 1 saturated heterocycles. The number of likely N-dealkylation sites (tertiary alicyclic amines) is 1. The molecule has 3 rings (SSSR count). The number of anilines is 1. The minimum Gasteiger partial charge on any atom is -0.339 e. The molecule has 0 atom stereocenters. The molecule has 2 aromatic rings. The first kappa shape index (κ1) is 18.8. The molecule has 1 aliphatic heterocycles. The summed E-state index contributed by atoms with van der Waals surface area (Å²) in [6.45, 7) is 4.60. The Labute approximate surface area is 159 Å². The summed E-state index contributed by atoms with van der Waals surface area (Å²) in [5.74, 6) is -0.114. The summed E-state index contributed by atoms with van der Waals surface area (Å²) in [7, 11) is 0. The molecule has 0 bridgehead atoms. The molecule has 1 aliphatic rings. The lowest BCUT2D eigenvalue weighted by molar-refractivity contribution is -0.121. The van der Waals surface area contributed by atoms with Crippen LogP contribution in [0, 0.1) is 12.8 Å². The third-order valence-corrected chi connectivity index (χ3v) is 5.09. The van der Waals surface area contributed by atoms with Crippen LogP contribution < -0.4 is 5.32 Å². The minimum atomic E-state index is -0.113. The molecule has 0 unspecified atom stereocenters. The second kappa shape index (κ2) is 8.16. The van der Waals surface area contributed by atoms with Crippen LogP contribution in [-0.4, -0.2) is 35.6 Å². The van der Waals surface area contributed by atoms with E-state index >= 15 is 0 Å². The Morgan fingerprint density at radius 1 is 0.963 bits per heavy atom. The quantitative estimate of drug-likeness (QED) is 0.842. The number of amides is 2. The summed E-state index contributed by atoms with van der Waals surface area (Å²) in [6, 6.07) is 14.5. The van der Waals surface area contributed by atoms with Crippen molar-refractivity contribution in [1.29, 1.82) is 0 Å². The molecule has 2 amide bonds. The van der Waals surface area contributed by atoms with Crippen LogP contribution in [0.15, 0.2) is 48.5 Å². The molecule has 0 spiro atoms. The molecule has 27 heavy (non-hydrogen) atoms. The van der Waals surface area contributed by atoms with Gasteiger partial charge in [0.05, 0.1) is 0 Å². The van der Waals surface area contributed by atoms with Crippen LogP contribution in [0.2, 0.25) is 0 Å². The van der Waals surface area contributed by atoms with Crippen molar-refractivity contribution in [3.8, 4) is 0 Å². The smallest absolute Gasteiger partial charge is 0.254 e. The van der Waals surface area contributed by atoms with E-state index in [0.717, 1.165) is 11.1 Å². The van der Waals surface area contributed by atoms with E-state index in [2.05, 4.69) is 5.32 Å². The van der Waals surface area contributed by atoms with Gasteiger partial charge in [0.1, 0.15) is 0 Å². The van der Waals surface area contributed by atoms with Crippen LogP contribution in [0.5, 0.6) is 0 Å². The molecule has 0 aliphatic carbocycles. The van der Waals surface area contributed by atoms with Crippen molar-refractivity contribution in [2.75, 3.05) is 18.4 Å². The van der Waals surface area contributed by atoms with Crippen LogP contribution in [-0.2, 0) is 4.79 Å². The zero-order chi connectivity index (χ0) is 19.4. The molecular formula is C22H24N2O3. The molecule has 140 valence electrons. The highest BCUT2D eigenvalue weighted by Crippen LogP contribution is 2.22. The van der Waals surface area contributed by atoms with Crippen molar-refractivity contribution in [1.82, 2.24) is 4.90 Å². The zero-order valence-corrected chi connectivity index (χ0v) is 15.7. The number of ketones is 1. The molecule has 0 radical (unpaired) electrons. The number of nitrogens with one attached hydrogen (secondary N) is 1. The van der Waals surface area contributed by atoms with Crippen molar-refractivity contribution in [3.63, 3.8) is 0 Å². The maximum absolute atomic E-state index is 12.7. The van der Waals surface area contributed by atoms with E-state index in [-0.39, 0.29) is 23.5 Å². The molecule has 1 fully saturated rings. The van der Waals surface area contributed by atoms with E-state index in [0.29, 0.717) is 37.2 Å². The van der Waals surface area contributed by atoms with Gasteiger partial charge < -0.3 is 10.2 Å². The fraction of sp³-hybridized carbons (Fsp3) is 0.318. The SMILES string of the molecule is CC(=O)c1ccc(NC(=O)C2CCN(C(=O)c3ccccc3C)CC2)cc1. The Kier molecular flexibility index (Phi) is 5.69. The van der Waals surface area contributed by atoms with Crippen LogP contribution >= 0.6 is 0 Å². The number of rotatable bonds is 4. The Morgan fingerprint density at radius 2 is 1.59 bits per heavy atom. The molecule has 0 saturated carbocycles. The van der Waals surface area contributed by atoms with Gasteiger partial charge in [-0.2, -0.15) is 0 Å². The van der Waals surface area contributed by atoms with E-state index < -0.39 is 0 Å². The summed E-state index contributed by atoms with van der Waals surface area (Å²) in [4.78, 5) is 38.3. The van der Waals surface area contributed by atoms with Crippen molar-refractivity contribution in [3.05, 3.63) is 65.2 Å². The first-order valence-electron chi connectivity index (χ1n) is 9.22. The fourth-order valence-corrected chi connectivity index (χ4v) is 3.36. The summed E-state index contributed by atoms with van der Waals surface area (Å²) < 4.78 is 0. The molecule has 1 N–H and O–H groups in total.